The standard InChI is InChI=1S/C11H13NS/c1-8-4-5-13-9(8)11(7-12)6-10(11,2)3/h4-5H,6H2,1-3H3. The molecule has 1 aromatic rings. The first kappa shape index (κ1) is 8.77. The Kier molecular flexibility index (Phi) is 1.59. The highest BCUT2D eigenvalue weighted by Gasteiger charge is 2.64. The summed E-state index contributed by atoms with van der Waals surface area (Å²) in [5.41, 5.74) is 1.28. The molecule has 0 radical (unpaired) electrons. The van der Waals surface area contributed by atoms with E-state index in [0.29, 0.717) is 0 Å². The molecule has 2 heteroatoms. The number of hydrogen-bond acceptors (Lipinski definition) is 2. The maximum Gasteiger partial charge on any atom is 0.0974 e. The van der Waals surface area contributed by atoms with Crippen molar-refractivity contribution in [2.45, 2.75) is 32.6 Å². The molecule has 1 atom stereocenters. The molecule has 1 heterocycles. The average Bonchev–Trinajstić information content (AvgIpc) is 2.43. The van der Waals surface area contributed by atoms with Crippen LogP contribution in [0.1, 0.15) is 30.7 Å². The van der Waals surface area contributed by atoms with Crippen molar-refractivity contribution >= 4 is 11.3 Å². The van der Waals surface area contributed by atoms with E-state index < -0.39 is 0 Å². The Hall–Kier alpha value is -0.810. The van der Waals surface area contributed by atoms with E-state index in [1.807, 2.05) is 0 Å². The summed E-state index contributed by atoms with van der Waals surface area (Å²) in [6, 6.07) is 4.60. The molecule has 0 saturated heterocycles. The lowest BCUT2D eigenvalue weighted by atomic mass is 9.94. The summed E-state index contributed by atoms with van der Waals surface area (Å²) in [6.07, 6.45) is 1.01. The zero-order chi connectivity index (χ0) is 9.69. The van der Waals surface area contributed by atoms with E-state index in [-0.39, 0.29) is 10.8 Å². The fourth-order valence-electron chi connectivity index (χ4n) is 2.06. The van der Waals surface area contributed by atoms with E-state index in [1.165, 1.54) is 10.4 Å². The number of hydrogen-bond donors (Lipinski definition) is 0. The first-order valence-corrected chi connectivity index (χ1v) is 5.37. The molecule has 1 aliphatic carbocycles. The predicted octanol–water partition coefficient (Wildman–Crippen LogP) is 3.25. The topological polar surface area (TPSA) is 23.8 Å². The van der Waals surface area contributed by atoms with Crippen molar-refractivity contribution < 1.29 is 0 Å². The summed E-state index contributed by atoms with van der Waals surface area (Å²) in [4.78, 5) is 1.28. The van der Waals surface area contributed by atoms with Gasteiger partial charge in [0.1, 0.15) is 0 Å². The Morgan fingerprint density at radius 3 is 2.46 bits per heavy atom. The number of rotatable bonds is 1. The maximum absolute atomic E-state index is 9.25. The molecular weight excluding hydrogens is 178 g/mol. The van der Waals surface area contributed by atoms with Crippen molar-refractivity contribution in [1.29, 1.82) is 5.26 Å². The van der Waals surface area contributed by atoms with Gasteiger partial charge in [-0.15, -0.1) is 11.3 Å². The van der Waals surface area contributed by atoms with Crippen LogP contribution in [0.3, 0.4) is 0 Å². The van der Waals surface area contributed by atoms with Crippen LogP contribution in [-0.2, 0) is 5.41 Å². The monoisotopic (exact) mass is 191 g/mol. The molecule has 1 saturated carbocycles. The highest BCUT2D eigenvalue weighted by molar-refractivity contribution is 7.10. The average molecular weight is 191 g/mol. The van der Waals surface area contributed by atoms with Crippen LogP contribution >= 0.6 is 11.3 Å². The van der Waals surface area contributed by atoms with E-state index in [2.05, 4.69) is 38.3 Å². The number of nitriles is 1. The van der Waals surface area contributed by atoms with Crippen LogP contribution in [0, 0.1) is 23.7 Å². The largest absolute Gasteiger partial charge is 0.197 e. The van der Waals surface area contributed by atoms with Gasteiger partial charge in [0.2, 0.25) is 0 Å². The Morgan fingerprint density at radius 1 is 1.54 bits per heavy atom. The molecule has 2 rings (SSSR count). The van der Waals surface area contributed by atoms with Gasteiger partial charge in [-0.25, -0.2) is 0 Å². The number of aryl methyl sites for hydroxylation is 1. The summed E-state index contributed by atoms with van der Waals surface area (Å²) in [5, 5.41) is 11.3. The quantitative estimate of drug-likeness (QED) is 0.668. The van der Waals surface area contributed by atoms with Crippen LogP contribution in [0.15, 0.2) is 11.4 Å². The second-order valence-corrected chi connectivity index (χ2v) is 5.43. The Bertz CT molecular complexity index is 383. The van der Waals surface area contributed by atoms with E-state index in [9.17, 15) is 5.26 Å². The van der Waals surface area contributed by atoms with E-state index in [4.69, 9.17) is 0 Å². The first-order valence-electron chi connectivity index (χ1n) is 4.49. The molecule has 0 amide bonds. The van der Waals surface area contributed by atoms with E-state index in [0.717, 1.165) is 6.42 Å². The van der Waals surface area contributed by atoms with Crippen LogP contribution in [-0.4, -0.2) is 0 Å². The van der Waals surface area contributed by atoms with Crippen molar-refractivity contribution in [1.82, 2.24) is 0 Å². The van der Waals surface area contributed by atoms with Gasteiger partial charge in [-0.1, -0.05) is 13.8 Å². The number of thiophene rings is 1. The maximum atomic E-state index is 9.25. The van der Waals surface area contributed by atoms with Crippen molar-refractivity contribution in [3.63, 3.8) is 0 Å². The van der Waals surface area contributed by atoms with E-state index >= 15 is 0 Å². The van der Waals surface area contributed by atoms with Crippen LogP contribution < -0.4 is 0 Å². The molecular formula is C11H13NS. The van der Waals surface area contributed by atoms with E-state index in [1.54, 1.807) is 11.3 Å². The zero-order valence-electron chi connectivity index (χ0n) is 8.22. The third-order valence-corrected chi connectivity index (χ3v) is 4.36. The lowest BCUT2D eigenvalue weighted by molar-refractivity contribution is 0.574. The van der Waals surface area contributed by atoms with Gasteiger partial charge < -0.3 is 0 Å². The molecule has 0 aromatic carbocycles. The second kappa shape index (κ2) is 2.36. The normalized spacial score (nSPS) is 29.7. The first-order chi connectivity index (χ1) is 6.03. The molecule has 13 heavy (non-hydrogen) atoms. The smallest absolute Gasteiger partial charge is 0.0974 e. The molecule has 0 aliphatic heterocycles. The predicted molar refractivity (Wildman–Crippen MR) is 54.7 cm³/mol. The summed E-state index contributed by atoms with van der Waals surface area (Å²) in [5.74, 6) is 0. The van der Waals surface area contributed by atoms with Gasteiger partial charge in [0.05, 0.1) is 11.5 Å². The minimum Gasteiger partial charge on any atom is -0.197 e. The molecule has 1 unspecified atom stereocenters. The molecule has 1 aliphatic rings. The highest BCUT2D eigenvalue weighted by atomic mass is 32.1. The molecule has 1 fully saturated rings. The van der Waals surface area contributed by atoms with Crippen molar-refractivity contribution in [3.05, 3.63) is 21.9 Å². The lowest BCUT2D eigenvalue weighted by Crippen LogP contribution is -2.10. The summed E-state index contributed by atoms with van der Waals surface area (Å²) >= 11 is 1.72. The third kappa shape index (κ3) is 0.971. The summed E-state index contributed by atoms with van der Waals surface area (Å²) in [6.45, 7) is 6.45. The van der Waals surface area contributed by atoms with Crippen molar-refractivity contribution in [3.8, 4) is 6.07 Å². The van der Waals surface area contributed by atoms with Crippen molar-refractivity contribution in [2.75, 3.05) is 0 Å². The van der Waals surface area contributed by atoms with Gasteiger partial charge in [-0.3, -0.25) is 0 Å². The minimum atomic E-state index is -0.175. The van der Waals surface area contributed by atoms with Gasteiger partial charge in [-0.05, 0) is 35.8 Å². The summed E-state index contributed by atoms with van der Waals surface area (Å²) < 4.78 is 0. The lowest BCUT2D eigenvalue weighted by Gasteiger charge is -2.10. The molecule has 0 spiro atoms. The zero-order valence-corrected chi connectivity index (χ0v) is 9.03. The van der Waals surface area contributed by atoms with Gasteiger partial charge in [0, 0.05) is 4.88 Å². The van der Waals surface area contributed by atoms with Crippen LogP contribution in [0.25, 0.3) is 0 Å². The second-order valence-electron chi connectivity index (χ2n) is 4.51. The van der Waals surface area contributed by atoms with Crippen LogP contribution in [0.4, 0.5) is 0 Å². The number of nitrogens with zero attached hydrogens (tertiary/aromatic N) is 1. The Morgan fingerprint density at radius 2 is 2.15 bits per heavy atom. The summed E-state index contributed by atoms with van der Waals surface area (Å²) in [7, 11) is 0. The molecule has 68 valence electrons. The molecule has 0 N–H and O–H groups in total. The van der Waals surface area contributed by atoms with Gasteiger partial charge in [0.25, 0.3) is 0 Å². The van der Waals surface area contributed by atoms with Crippen molar-refractivity contribution in [2.24, 2.45) is 5.41 Å². The van der Waals surface area contributed by atoms with Crippen LogP contribution in [0.5, 0.6) is 0 Å². The van der Waals surface area contributed by atoms with Gasteiger partial charge in [-0.2, -0.15) is 5.26 Å². The van der Waals surface area contributed by atoms with Gasteiger partial charge in [0.15, 0.2) is 0 Å². The van der Waals surface area contributed by atoms with Gasteiger partial charge >= 0.3 is 0 Å². The van der Waals surface area contributed by atoms with Crippen LogP contribution in [0.2, 0.25) is 0 Å². The SMILES string of the molecule is Cc1ccsc1C1(C#N)CC1(C)C. The fourth-order valence-corrected chi connectivity index (χ4v) is 3.32. The molecule has 0 bridgehead atoms. The third-order valence-electron chi connectivity index (χ3n) is 3.18. The molecule has 1 nitrogen and oxygen atoms in total. The minimum absolute atomic E-state index is 0.175. The highest BCUT2D eigenvalue weighted by Crippen LogP contribution is 2.65. The Labute approximate surface area is 83.0 Å². The fraction of sp³-hybridized carbons (Fsp3) is 0.545. The molecule has 1 aromatic heterocycles. The Balaban J connectivity index is 2.49.